The maximum absolute atomic E-state index is 6.17. The third-order valence-corrected chi connectivity index (χ3v) is 3.42. The van der Waals surface area contributed by atoms with E-state index in [1.807, 2.05) is 30.5 Å². The van der Waals surface area contributed by atoms with E-state index >= 15 is 0 Å². The number of nitrogens with one attached hydrogen (secondary N) is 1. The normalized spacial score (nSPS) is 20.6. The average Bonchev–Trinajstić information content (AvgIpc) is 2.68. The first-order chi connectivity index (χ1) is 8.93. The zero-order valence-electron chi connectivity index (χ0n) is 10.4. The van der Waals surface area contributed by atoms with Gasteiger partial charge in [-0.25, -0.2) is 0 Å². The minimum absolute atomic E-state index is 0.325. The van der Waals surface area contributed by atoms with Gasteiger partial charge >= 0.3 is 0 Å². The van der Waals surface area contributed by atoms with Gasteiger partial charge in [-0.1, -0.05) is 6.07 Å². The van der Waals surface area contributed by atoms with Crippen LogP contribution >= 0.6 is 0 Å². The zero-order valence-corrected chi connectivity index (χ0v) is 10.4. The molecule has 1 N–H and O–H groups in total. The Morgan fingerprint density at radius 1 is 1.11 bits per heavy atom. The summed E-state index contributed by atoms with van der Waals surface area (Å²) in [6.45, 7) is 2.16. The van der Waals surface area contributed by atoms with Crippen molar-refractivity contribution in [1.29, 1.82) is 0 Å². The van der Waals surface area contributed by atoms with Crippen LogP contribution in [0.25, 0.3) is 10.9 Å². The number of hydrogen-bond acceptors (Lipinski definition) is 3. The number of hydrogen-bond donors (Lipinski definition) is 1. The Balaban J connectivity index is 1.85. The van der Waals surface area contributed by atoms with Crippen molar-refractivity contribution in [3.05, 3.63) is 36.5 Å². The van der Waals surface area contributed by atoms with Gasteiger partial charge in [-0.05, 0) is 56.6 Å². The summed E-state index contributed by atoms with van der Waals surface area (Å²) < 4.78 is 6.17. The van der Waals surface area contributed by atoms with Crippen LogP contribution in [-0.2, 0) is 0 Å². The van der Waals surface area contributed by atoms with E-state index in [0.29, 0.717) is 6.10 Å². The van der Waals surface area contributed by atoms with Crippen molar-refractivity contribution in [2.24, 2.45) is 0 Å². The van der Waals surface area contributed by atoms with Crippen LogP contribution in [0.4, 0.5) is 0 Å². The molecule has 1 unspecified atom stereocenters. The fourth-order valence-electron chi connectivity index (χ4n) is 2.46. The summed E-state index contributed by atoms with van der Waals surface area (Å²) in [5.74, 6) is 0.965. The lowest BCUT2D eigenvalue weighted by Gasteiger charge is -2.17. The maximum Gasteiger partial charge on any atom is 0.129 e. The molecule has 1 aromatic carbocycles. The molecule has 1 aromatic heterocycles. The van der Waals surface area contributed by atoms with E-state index in [0.717, 1.165) is 42.6 Å². The van der Waals surface area contributed by atoms with Crippen LogP contribution < -0.4 is 10.1 Å². The van der Waals surface area contributed by atoms with Gasteiger partial charge in [0.05, 0.1) is 11.6 Å². The molecule has 0 aliphatic carbocycles. The molecular formula is C15H18N2O. The smallest absolute Gasteiger partial charge is 0.129 e. The predicted octanol–water partition coefficient (Wildman–Crippen LogP) is 2.76. The third kappa shape index (κ3) is 2.46. The molecule has 1 aliphatic rings. The number of aromatic nitrogens is 1. The maximum atomic E-state index is 6.17. The molecule has 0 bridgehead atoms. The number of pyridine rings is 1. The largest absolute Gasteiger partial charge is 0.490 e. The molecule has 2 heterocycles. The number of rotatable bonds is 2. The molecule has 0 saturated carbocycles. The highest BCUT2D eigenvalue weighted by Crippen LogP contribution is 2.26. The fraction of sp³-hybridized carbons (Fsp3) is 0.400. The Morgan fingerprint density at radius 2 is 2.11 bits per heavy atom. The van der Waals surface area contributed by atoms with Crippen molar-refractivity contribution in [2.45, 2.75) is 25.4 Å². The SMILES string of the molecule is c1cc(OC2CCCNCC2)c2cccnc2c1. The predicted molar refractivity (Wildman–Crippen MR) is 72.9 cm³/mol. The van der Waals surface area contributed by atoms with Crippen molar-refractivity contribution in [1.82, 2.24) is 10.3 Å². The highest BCUT2D eigenvalue weighted by atomic mass is 16.5. The van der Waals surface area contributed by atoms with Gasteiger partial charge in [0.15, 0.2) is 0 Å². The summed E-state index contributed by atoms with van der Waals surface area (Å²) in [5.41, 5.74) is 1.00. The van der Waals surface area contributed by atoms with E-state index in [9.17, 15) is 0 Å². The van der Waals surface area contributed by atoms with Gasteiger partial charge in [0.1, 0.15) is 5.75 Å². The molecule has 18 heavy (non-hydrogen) atoms. The van der Waals surface area contributed by atoms with Crippen LogP contribution in [0.15, 0.2) is 36.5 Å². The molecule has 0 radical (unpaired) electrons. The molecule has 1 saturated heterocycles. The first-order valence-corrected chi connectivity index (χ1v) is 6.64. The van der Waals surface area contributed by atoms with Crippen LogP contribution in [-0.4, -0.2) is 24.2 Å². The van der Waals surface area contributed by atoms with Gasteiger partial charge in [-0.15, -0.1) is 0 Å². The van der Waals surface area contributed by atoms with E-state index in [1.54, 1.807) is 0 Å². The number of benzene rings is 1. The monoisotopic (exact) mass is 242 g/mol. The minimum atomic E-state index is 0.325. The Morgan fingerprint density at radius 3 is 3.11 bits per heavy atom. The molecule has 0 spiro atoms. The Labute approximate surface area is 107 Å². The van der Waals surface area contributed by atoms with Crippen molar-refractivity contribution in [2.75, 3.05) is 13.1 Å². The van der Waals surface area contributed by atoms with Crippen molar-refractivity contribution >= 4 is 10.9 Å². The van der Waals surface area contributed by atoms with E-state index in [4.69, 9.17) is 4.74 Å². The summed E-state index contributed by atoms with van der Waals surface area (Å²) in [6.07, 6.45) is 5.54. The van der Waals surface area contributed by atoms with Gasteiger partial charge < -0.3 is 10.1 Å². The van der Waals surface area contributed by atoms with Crippen LogP contribution in [0.2, 0.25) is 0 Å². The third-order valence-electron chi connectivity index (χ3n) is 3.42. The van der Waals surface area contributed by atoms with Gasteiger partial charge in [-0.2, -0.15) is 0 Å². The van der Waals surface area contributed by atoms with Gasteiger partial charge in [0, 0.05) is 11.6 Å². The Bertz CT molecular complexity index is 513. The second-order valence-corrected chi connectivity index (χ2v) is 4.75. The fourth-order valence-corrected chi connectivity index (χ4v) is 2.46. The molecule has 3 rings (SSSR count). The summed E-state index contributed by atoms with van der Waals surface area (Å²) in [6, 6.07) is 10.1. The van der Waals surface area contributed by atoms with Crippen molar-refractivity contribution < 1.29 is 4.74 Å². The molecule has 3 nitrogen and oxygen atoms in total. The van der Waals surface area contributed by atoms with Crippen molar-refractivity contribution in [3.63, 3.8) is 0 Å². The highest BCUT2D eigenvalue weighted by Gasteiger charge is 2.14. The molecule has 2 aromatic rings. The van der Waals surface area contributed by atoms with Gasteiger partial charge in [0.2, 0.25) is 0 Å². The molecule has 3 heteroatoms. The second-order valence-electron chi connectivity index (χ2n) is 4.75. The molecular weight excluding hydrogens is 224 g/mol. The van der Waals surface area contributed by atoms with Crippen LogP contribution in [0, 0.1) is 0 Å². The first-order valence-electron chi connectivity index (χ1n) is 6.64. The van der Waals surface area contributed by atoms with E-state index in [-0.39, 0.29) is 0 Å². The molecule has 0 amide bonds. The first kappa shape index (κ1) is 11.5. The molecule has 94 valence electrons. The molecule has 1 aliphatic heterocycles. The van der Waals surface area contributed by atoms with E-state index < -0.39 is 0 Å². The molecule has 1 fully saturated rings. The van der Waals surface area contributed by atoms with Gasteiger partial charge in [-0.3, -0.25) is 4.98 Å². The number of fused-ring (bicyclic) bond motifs is 1. The summed E-state index contributed by atoms with van der Waals surface area (Å²) in [4.78, 5) is 4.36. The topological polar surface area (TPSA) is 34.1 Å². The Kier molecular flexibility index (Phi) is 3.42. The quantitative estimate of drug-likeness (QED) is 0.879. The van der Waals surface area contributed by atoms with E-state index in [1.165, 1.54) is 6.42 Å². The highest BCUT2D eigenvalue weighted by molar-refractivity contribution is 5.84. The minimum Gasteiger partial charge on any atom is -0.490 e. The zero-order chi connectivity index (χ0) is 12.2. The van der Waals surface area contributed by atoms with Crippen LogP contribution in [0.1, 0.15) is 19.3 Å². The summed E-state index contributed by atoms with van der Waals surface area (Å²) in [5, 5.41) is 4.52. The summed E-state index contributed by atoms with van der Waals surface area (Å²) >= 11 is 0. The van der Waals surface area contributed by atoms with Crippen molar-refractivity contribution in [3.8, 4) is 5.75 Å². The van der Waals surface area contributed by atoms with Crippen LogP contribution in [0.5, 0.6) is 5.75 Å². The standard InChI is InChI=1S/C15H18N2O/c1-6-14-13(5-3-10-17-14)15(7-1)18-12-4-2-9-16-11-8-12/h1,3,5-7,10,12,16H,2,4,8-9,11H2. The lowest BCUT2D eigenvalue weighted by molar-refractivity contribution is 0.190. The average molecular weight is 242 g/mol. The lowest BCUT2D eigenvalue weighted by Crippen LogP contribution is -2.19. The van der Waals surface area contributed by atoms with Crippen LogP contribution in [0.3, 0.4) is 0 Å². The van der Waals surface area contributed by atoms with Gasteiger partial charge in [0.25, 0.3) is 0 Å². The lowest BCUT2D eigenvalue weighted by atomic mass is 10.1. The summed E-state index contributed by atoms with van der Waals surface area (Å²) in [7, 11) is 0. The molecule has 1 atom stereocenters. The van der Waals surface area contributed by atoms with E-state index in [2.05, 4.69) is 16.4 Å². The number of nitrogens with zero attached hydrogens (tertiary/aromatic N) is 1. The number of ether oxygens (including phenoxy) is 1. The Hall–Kier alpha value is -1.61. The second kappa shape index (κ2) is 5.36.